The van der Waals surface area contributed by atoms with Crippen LogP contribution >= 0.6 is 0 Å². The van der Waals surface area contributed by atoms with E-state index in [2.05, 4.69) is 40.6 Å². The Morgan fingerprint density at radius 2 is 2.28 bits per heavy atom. The summed E-state index contributed by atoms with van der Waals surface area (Å²) >= 11 is 0. The van der Waals surface area contributed by atoms with Crippen LogP contribution in [0.15, 0.2) is 30.5 Å². The molecule has 0 aliphatic heterocycles. The Balaban J connectivity index is 1.73. The van der Waals surface area contributed by atoms with E-state index in [9.17, 15) is 0 Å². The number of nitrogens with one attached hydrogen (secondary N) is 2. The zero-order valence-corrected chi connectivity index (χ0v) is 10.3. The van der Waals surface area contributed by atoms with E-state index in [-0.39, 0.29) is 5.92 Å². The molecule has 2 aromatic rings. The molecule has 1 aliphatic carbocycles. The van der Waals surface area contributed by atoms with Gasteiger partial charge in [-0.25, -0.2) is 0 Å². The summed E-state index contributed by atoms with van der Waals surface area (Å²) in [4.78, 5) is 3.23. The van der Waals surface area contributed by atoms with Crippen LogP contribution in [-0.2, 0) is 6.54 Å². The van der Waals surface area contributed by atoms with Crippen molar-refractivity contribution in [2.75, 3.05) is 0 Å². The van der Waals surface area contributed by atoms with Crippen LogP contribution in [0.2, 0.25) is 0 Å². The maximum absolute atomic E-state index is 9.08. The first kappa shape index (κ1) is 11.3. The van der Waals surface area contributed by atoms with Crippen molar-refractivity contribution in [2.24, 2.45) is 5.92 Å². The van der Waals surface area contributed by atoms with Crippen molar-refractivity contribution < 1.29 is 0 Å². The third kappa shape index (κ3) is 2.00. The van der Waals surface area contributed by atoms with E-state index in [1.807, 2.05) is 6.20 Å². The first-order valence-electron chi connectivity index (χ1n) is 6.56. The molecule has 1 aromatic heterocycles. The van der Waals surface area contributed by atoms with Crippen LogP contribution in [-0.4, -0.2) is 11.0 Å². The topological polar surface area (TPSA) is 51.6 Å². The minimum Gasteiger partial charge on any atom is -0.361 e. The summed E-state index contributed by atoms with van der Waals surface area (Å²) in [5.41, 5.74) is 2.48. The molecule has 1 heterocycles. The van der Waals surface area contributed by atoms with Crippen LogP contribution in [0.5, 0.6) is 0 Å². The van der Waals surface area contributed by atoms with E-state index in [4.69, 9.17) is 5.26 Å². The summed E-state index contributed by atoms with van der Waals surface area (Å²) in [6, 6.07) is 11.2. The third-order valence-electron chi connectivity index (χ3n) is 3.92. The van der Waals surface area contributed by atoms with Crippen molar-refractivity contribution >= 4 is 10.9 Å². The van der Waals surface area contributed by atoms with Gasteiger partial charge in [-0.3, -0.25) is 0 Å². The molecule has 0 radical (unpaired) electrons. The quantitative estimate of drug-likeness (QED) is 0.865. The molecular formula is C15H17N3. The summed E-state index contributed by atoms with van der Waals surface area (Å²) in [5.74, 6) is 0.190. The van der Waals surface area contributed by atoms with Crippen molar-refractivity contribution in [3.8, 4) is 6.07 Å². The van der Waals surface area contributed by atoms with E-state index in [0.29, 0.717) is 6.04 Å². The fraction of sp³-hybridized carbons (Fsp3) is 0.400. The van der Waals surface area contributed by atoms with Crippen molar-refractivity contribution in [3.05, 3.63) is 36.0 Å². The smallest absolute Gasteiger partial charge is 0.0672 e. The molecule has 18 heavy (non-hydrogen) atoms. The Kier molecular flexibility index (Phi) is 3.04. The van der Waals surface area contributed by atoms with Gasteiger partial charge in [-0.1, -0.05) is 18.6 Å². The maximum atomic E-state index is 9.08. The number of aromatic amines is 1. The van der Waals surface area contributed by atoms with Crippen LogP contribution in [0.3, 0.4) is 0 Å². The van der Waals surface area contributed by atoms with Crippen LogP contribution in [0.1, 0.15) is 24.8 Å². The number of nitriles is 1. The molecule has 2 N–H and O–H groups in total. The van der Waals surface area contributed by atoms with Crippen molar-refractivity contribution in [2.45, 2.75) is 31.8 Å². The zero-order valence-electron chi connectivity index (χ0n) is 10.3. The molecule has 0 spiro atoms. The highest BCUT2D eigenvalue weighted by atomic mass is 14.9. The molecule has 0 bridgehead atoms. The van der Waals surface area contributed by atoms with Gasteiger partial charge in [-0.05, 0) is 30.5 Å². The zero-order chi connectivity index (χ0) is 12.4. The average molecular weight is 239 g/mol. The molecule has 2 unspecified atom stereocenters. The molecule has 3 nitrogen and oxygen atoms in total. The Hall–Kier alpha value is -1.79. The molecule has 1 aliphatic rings. The normalized spacial score (nSPS) is 23.3. The lowest BCUT2D eigenvalue weighted by Crippen LogP contribution is -2.31. The van der Waals surface area contributed by atoms with Gasteiger partial charge in [0.25, 0.3) is 0 Å². The van der Waals surface area contributed by atoms with E-state index in [0.717, 1.165) is 19.4 Å². The maximum Gasteiger partial charge on any atom is 0.0672 e. The fourth-order valence-electron chi connectivity index (χ4n) is 2.90. The van der Waals surface area contributed by atoms with Crippen LogP contribution < -0.4 is 5.32 Å². The van der Waals surface area contributed by atoms with Crippen LogP contribution in [0.25, 0.3) is 10.9 Å². The number of aromatic nitrogens is 1. The highest BCUT2D eigenvalue weighted by molar-refractivity contribution is 5.82. The summed E-state index contributed by atoms with van der Waals surface area (Å²) in [6.45, 7) is 0.845. The standard InChI is InChI=1S/C15H17N3/c16-9-11-3-1-5-14(11)18-10-12-4-2-6-15-13(12)7-8-17-15/h2,4,6-8,11,14,17-18H,1,3,5,10H2. The SMILES string of the molecule is N#CC1CCCC1NCc1cccc2[nH]ccc12. The van der Waals surface area contributed by atoms with E-state index in [1.54, 1.807) is 0 Å². The van der Waals surface area contributed by atoms with Crippen molar-refractivity contribution in [1.29, 1.82) is 5.26 Å². The largest absolute Gasteiger partial charge is 0.361 e. The second-order valence-electron chi connectivity index (χ2n) is 5.01. The van der Waals surface area contributed by atoms with E-state index < -0.39 is 0 Å². The molecule has 0 amide bonds. The van der Waals surface area contributed by atoms with Crippen molar-refractivity contribution in [1.82, 2.24) is 10.3 Å². The number of hydrogen-bond acceptors (Lipinski definition) is 2. The number of rotatable bonds is 3. The molecular weight excluding hydrogens is 222 g/mol. The fourth-order valence-corrected chi connectivity index (χ4v) is 2.90. The molecule has 2 atom stereocenters. The Bertz CT molecular complexity index is 579. The van der Waals surface area contributed by atoms with Gasteiger partial charge in [0.15, 0.2) is 0 Å². The van der Waals surface area contributed by atoms with Gasteiger partial charge in [0.2, 0.25) is 0 Å². The second kappa shape index (κ2) is 4.83. The Morgan fingerprint density at radius 3 is 3.17 bits per heavy atom. The van der Waals surface area contributed by atoms with Gasteiger partial charge < -0.3 is 10.3 Å². The highest BCUT2D eigenvalue weighted by Gasteiger charge is 2.26. The molecule has 3 heteroatoms. The lowest BCUT2D eigenvalue weighted by atomic mass is 10.0. The van der Waals surface area contributed by atoms with E-state index >= 15 is 0 Å². The highest BCUT2D eigenvalue weighted by Crippen LogP contribution is 2.25. The Morgan fingerprint density at radius 1 is 1.33 bits per heavy atom. The Labute approximate surface area is 107 Å². The predicted molar refractivity (Wildman–Crippen MR) is 71.9 cm³/mol. The summed E-state index contributed by atoms with van der Waals surface area (Å²) in [6.07, 6.45) is 5.32. The number of hydrogen-bond donors (Lipinski definition) is 2. The number of nitrogens with zero attached hydrogens (tertiary/aromatic N) is 1. The number of benzene rings is 1. The number of H-pyrrole nitrogens is 1. The molecule has 1 saturated carbocycles. The summed E-state index contributed by atoms with van der Waals surface area (Å²) < 4.78 is 0. The van der Waals surface area contributed by atoms with Gasteiger partial charge in [0.05, 0.1) is 12.0 Å². The first-order valence-corrected chi connectivity index (χ1v) is 6.56. The molecule has 1 aromatic carbocycles. The lowest BCUT2D eigenvalue weighted by Gasteiger charge is -2.15. The predicted octanol–water partition coefficient (Wildman–Crippen LogP) is 2.95. The van der Waals surface area contributed by atoms with Gasteiger partial charge in [0.1, 0.15) is 0 Å². The van der Waals surface area contributed by atoms with Gasteiger partial charge in [0, 0.05) is 29.7 Å². The van der Waals surface area contributed by atoms with Crippen molar-refractivity contribution in [3.63, 3.8) is 0 Å². The van der Waals surface area contributed by atoms with Gasteiger partial charge >= 0.3 is 0 Å². The summed E-state index contributed by atoms with van der Waals surface area (Å²) in [7, 11) is 0. The van der Waals surface area contributed by atoms with Crippen LogP contribution in [0, 0.1) is 17.2 Å². The molecule has 0 saturated heterocycles. The number of fused-ring (bicyclic) bond motifs is 1. The molecule has 1 fully saturated rings. The molecule has 92 valence electrons. The van der Waals surface area contributed by atoms with E-state index in [1.165, 1.54) is 22.9 Å². The minimum absolute atomic E-state index is 0.190. The van der Waals surface area contributed by atoms with Crippen LogP contribution in [0.4, 0.5) is 0 Å². The second-order valence-corrected chi connectivity index (χ2v) is 5.01. The minimum atomic E-state index is 0.190. The lowest BCUT2D eigenvalue weighted by molar-refractivity contribution is 0.465. The molecule has 3 rings (SSSR count). The first-order chi connectivity index (χ1) is 8.88. The summed E-state index contributed by atoms with van der Waals surface area (Å²) in [5, 5.41) is 13.9. The average Bonchev–Trinajstić information content (AvgIpc) is 3.04. The van der Waals surface area contributed by atoms with Gasteiger partial charge in [-0.15, -0.1) is 0 Å². The van der Waals surface area contributed by atoms with Gasteiger partial charge in [-0.2, -0.15) is 5.26 Å². The monoisotopic (exact) mass is 239 g/mol. The third-order valence-corrected chi connectivity index (χ3v) is 3.92.